The Morgan fingerprint density at radius 3 is 2.43 bits per heavy atom. The van der Waals surface area contributed by atoms with Crippen LogP contribution in [0.15, 0.2) is 49.1 Å². The van der Waals surface area contributed by atoms with E-state index >= 15 is 0 Å². The van der Waals surface area contributed by atoms with Gasteiger partial charge < -0.3 is 0 Å². The van der Waals surface area contributed by atoms with E-state index in [1.807, 2.05) is 6.08 Å². The minimum atomic E-state index is 0.774. The van der Waals surface area contributed by atoms with E-state index in [4.69, 9.17) is 0 Å². The normalized spacial score (nSPS) is 17.6. The molecule has 1 saturated carbocycles. The number of benzene rings is 1. The van der Waals surface area contributed by atoms with E-state index in [-0.39, 0.29) is 0 Å². The summed E-state index contributed by atoms with van der Waals surface area (Å²) >= 11 is 0. The van der Waals surface area contributed by atoms with Crippen LogP contribution in [-0.4, -0.2) is 0 Å². The van der Waals surface area contributed by atoms with Crippen LogP contribution >= 0.6 is 0 Å². The lowest BCUT2D eigenvalue weighted by Crippen LogP contribution is -2.12. The summed E-state index contributed by atoms with van der Waals surface area (Å²) in [5.41, 5.74) is 2.82. The molecular formula is C14H16. The summed E-state index contributed by atoms with van der Waals surface area (Å²) in [4.78, 5) is 0. The quantitative estimate of drug-likeness (QED) is 0.621. The molecule has 2 rings (SSSR count). The highest BCUT2D eigenvalue weighted by molar-refractivity contribution is 5.69. The summed E-state index contributed by atoms with van der Waals surface area (Å²) in [6.07, 6.45) is 8.13. The highest BCUT2D eigenvalue weighted by Crippen LogP contribution is 2.38. The third kappa shape index (κ3) is 1.79. The molecule has 1 aliphatic carbocycles. The van der Waals surface area contributed by atoms with Crippen LogP contribution in [0, 0.1) is 5.92 Å². The van der Waals surface area contributed by atoms with Gasteiger partial charge in [-0.2, -0.15) is 0 Å². The summed E-state index contributed by atoms with van der Waals surface area (Å²) in [6.45, 7) is 3.79. The lowest BCUT2D eigenvalue weighted by atomic mass is 9.77. The monoisotopic (exact) mass is 184 g/mol. The van der Waals surface area contributed by atoms with E-state index in [2.05, 4.69) is 43.0 Å². The van der Waals surface area contributed by atoms with Crippen molar-refractivity contribution < 1.29 is 0 Å². The first-order chi connectivity index (χ1) is 6.92. The fourth-order valence-corrected chi connectivity index (χ4v) is 1.94. The van der Waals surface area contributed by atoms with Gasteiger partial charge in [0.2, 0.25) is 0 Å². The lowest BCUT2D eigenvalue weighted by Gasteiger charge is -2.28. The van der Waals surface area contributed by atoms with Crippen LogP contribution < -0.4 is 0 Å². The highest BCUT2D eigenvalue weighted by atomic mass is 14.3. The van der Waals surface area contributed by atoms with Gasteiger partial charge in [0.1, 0.15) is 0 Å². The maximum absolute atomic E-state index is 3.79. The highest BCUT2D eigenvalue weighted by Gasteiger charge is 2.21. The van der Waals surface area contributed by atoms with Crippen molar-refractivity contribution in [1.29, 1.82) is 0 Å². The summed E-state index contributed by atoms with van der Waals surface area (Å²) < 4.78 is 0. The van der Waals surface area contributed by atoms with Gasteiger partial charge in [0, 0.05) is 0 Å². The van der Waals surface area contributed by atoms with Crippen molar-refractivity contribution >= 4 is 5.57 Å². The van der Waals surface area contributed by atoms with Gasteiger partial charge in [-0.3, -0.25) is 0 Å². The molecule has 0 bridgehead atoms. The number of allylic oxidation sites excluding steroid dienone is 3. The van der Waals surface area contributed by atoms with Crippen molar-refractivity contribution in [1.82, 2.24) is 0 Å². The molecule has 0 atom stereocenters. The molecule has 0 N–H and O–H groups in total. The van der Waals surface area contributed by atoms with E-state index in [0.717, 1.165) is 5.92 Å². The van der Waals surface area contributed by atoms with Crippen LogP contribution in [0.3, 0.4) is 0 Å². The maximum Gasteiger partial charge on any atom is -0.0156 e. The predicted octanol–water partition coefficient (Wildman–Crippen LogP) is 4.06. The molecule has 0 nitrogen and oxygen atoms in total. The first-order valence-corrected chi connectivity index (χ1v) is 5.30. The van der Waals surface area contributed by atoms with Crippen LogP contribution in [0.4, 0.5) is 0 Å². The zero-order chi connectivity index (χ0) is 9.80. The molecule has 1 aliphatic rings. The van der Waals surface area contributed by atoms with Gasteiger partial charge in [-0.1, -0.05) is 55.5 Å². The number of hydrogen-bond acceptors (Lipinski definition) is 0. The molecule has 0 radical (unpaired) electrons. The molecule has 1 aromatic rings. The number of hydrogen-bond donors (Lipinski definition) is 0. The number of rotatable bonds is 3. The predicted molar refractivity (Wildman–Crippen MR) is 62.0 cm³/mol. The molecule has 0 spiro atoms. The average Bonchev–Trinajstić information content (AvgIpc) is 2.16. The van der Waals surface area contributed by atoms with E-state index in [9.17, 15) is 0 Å². The molecule has 0 heteroatoms. The van der Waals surface area contributed by atoms with Gasteiger partial charge in [0.05, 0.1) is 0 Å². The third-order valence-corrected chi connectivity index (χ3v) is 2.95. The molecule has 1 aromatic carbocycles. The average molecular weight is 184 g/mol. The Hall–Kier alpha value is -1.30. The Labute approximate surface area is 86.0 Å². The SMILES string of the molecule is C=CC=C(c1ccccc1)C1CCC1. The third-order valence-electron chi connectivity index (χ3n) is 2.95. The molecule has 14 heavy (non-hydrogen) atoms. The summed E-state index contributed by atoms with van der Waals surface area (Å²) in [6, 6.07) is 10.6. The largest absolute Gasteiger partial charge is 0.0991 e. The second-order valence-corrected chi connectivity index (χ2v) is 3.85. The Morgan fingerprint density at radius 1 is 1.21 bits per heavy atom. The van der Waals surface area contributed by atoms with Crippen molar-refractivity contribution in [3.05, 3.63) is 54.6 Å². The zero-order valence-corrected chi connectivity index (χ0v) is 8.45. The Balaban J connectivity index is 2.27. The molecule has 0 saturated heterocycles. The van der Waals surface area contributed by atoms with Gasteiger partial charge in [-0.05, 0) is 29.9 Å². The van der Waals surface area contributed by atoms with Crippen molar-refractivity contribution in [3.63, 3.8) is 0 Å². The van der Waals surface area contributed by atoms with Crippen molar-refractivity contribution in [2.45, 2.75) is 19.3 Å². The van der Waals surface area contributed by atoms with Gasteiger partial charge in [-0.25, -0.2) is 0 Å². The smallest absolute Gasteiger partial charge is 0.0156 e. The van der Waals surface area contributed by atoms with Crippen molar-refractivity contribution in [3.8, 4) is 0 Å². The van der Waals surface area contributed by atoms with Crippen LogP contribution in [0.2, 0.25) is 0 Å². The van der Waals surface area contributed by atoms with Crippen molar-refractivity contribution in [2.75, 3.05) is 0 Å². The molecule has 0 aliphatic heterocycles. The summed E-state index contributed by atoms with van der Waals surface area (Å²) in [5.74, 6) is 0.774. The molecule has 0 unspecified atom stereocenters. The first-order valence-electron chi connectivity index (χ1n) is 5.30. The van der Waals surface area contributed by atoms with Crippen LogP contribution in [0.5, 0.6) is 0 Å². The second kappa shape index (κ2) is 4.28. The van der Waals surface area contributed by atoms with Gasteiger partial charge in [0.15, 0.2) is 0 Å². The zero-order valence-electron chi connectivity index (χ0n) is 8.45. The molecule has 72 valence electrons. The van der Waals surface area contributed by atoms with Crippen LogP contribution in [0.25, 0.3) is 5.57 Å². The molecule has 0 heterocycles. The lowest BCUT2D eigenvalue weighted by molar-refractivity contribution is 0.400. The van der Waals surface area contributed by atoms with Crippen LogP contribution in [0.1, 0.15) is 24.8 Å². The Morgan fingerprint density at radius 2 is 1.93 bits per heavy atom. The van der Waals surface area contributed by atoms with Gasteiger partial charge in [-0.15, -0.1) is 0 Å². The summed E-state index contributed by atoms with van der Waals surface area (Å²) in [5, 5.41) is 0. The second-order valence-electron chi connectivity index (χ2n) is 3.85. The Kier molecular flexibility index (Phi) is 2.83. The standard InChI is InChI=1S/C14H16/c1-2-7-14(13-10-6-11-13)12-8-4-3-5-9-12/h2-5,7-9,13H,1,6,10-11H2. The minimum Gasteiger partial charge on any atom is -0.0991 e. The fourth-order valence-electron chi connectivity index (χ4n) is 1.94. The first kappa shape index (κ1) is 9.26. The van der Waals surface area contributed by atoms with Gasteiger partial charge in [0.25, 0.3) is 0 Å². The minimum absolute atomic E-state index is 0.774. The van der Waals surface area contributed by atoms with E-state index in [1.54, 1.807) is 0 Å². The van der Waals surface area contributed by atoms with Crippen LogP contribution in [-0.2, 0) is 0 Å². The maximum atomic E-state index is 3.79. The molecule has 1 fully saturated rings. The summed E-state index contributed by atoms with van der Waals surface area (Å²) in [7, 11) is 0. The van der Waals surface area contributed by atoms with E-state index < -0.39 is 0 Å². The van der Waals surface area contributed by atoms with E-state index in [1.165, 1.54) is 30.4 Å². The Bertz CT molecular complexity index is 328. The molecule has 0 amide bonds. The van der Waals surface area contributed by atoms with E-state index in [0.29, 0.717) is 0 Å². The molecular weight excluding hydrogens is 168 g/mol. The van der Waals surface area contributed by atoms with Gasteiger partial charge >= 0.3 is 0 Å². The molecule has 0 aromatic heterocycles. The topological polar surface area (TPSA) is 0 Å². The fraction of sp³-hybridized carbons (Fsp3) is 0.286. The van der Waals surface area contributed by atoms with Crippen molar-refractivity contribution in [2.24, 2.45) is 5.92 Å².